The molecule has 0 bridgehead atoms. The second-order valence-corrected chi connectivity index (χ2v) is 5.72. The van der Waals surface area contributed by atoms with Crippen molar-refractivity contribution in [3.63, 3.8) is 0 Å². The number of amides is 1. The summed E-state index contributed by atoms with van der Waals surface area (Å²) in [4.78, 5) is 19.9. The predicted octanol–water partition coefficient (Wildman–Crippen LogP) is 0.219. The Morgan fingerprint density at radius 1 is 1.24 bits per heavy atom. The number of benzene rings is 1. The summed E-state index contributed by atoms with van der Waals surface area (Å²) in [6, 6.07) is 6.95. The molecule has 0 unspecified atom stereocenters. The van der Waals surface area contributed by atoms with Crippen LogP contribution in [0.2, 0.25) is 0 Å². The number of hydrogen-bond acceptors (Lipinski definition) is 6. The molecule has 3 aromatic rings. The van der Waals surface area contributed by atoms with E-state index in [9.17, 15) is 4.79 Å². The number of anilines is 2. The van der Waals surface area contributed by atoms with Crippen LogP contribution in [0.1, 0.15) is 12.5 Å². The van der Waals surface area contributed by atoms with Gasteiger partial charge in [-0.25, -0.2) is 9.97 Å². The fourth-order valence-corrected chi connectivity index (χ4v) is 2.63. The van der Waals surface area contributed by atoms with Crippen molar-refractivity contribution in [2.45, 2.75) is 13.5 Å². The van der Waals surface area contributed by atoms with Gasteiger partial charge in [-0.3, -0.25) is 4.79 Å². The number of nitrogens with zero attached hydrogens (tertiary/aromatic N) is 3. The molecule has 0 aliphatic carbocycles. The molecular formula is C16H18BN5O3. The first-order valence-electron chi connectivity index (χ1n) is 7.72. The summed E-state index contributed by atoms with van der Waals surface area (Å²) in [5, 5.41) is 24.3. The average molecular weight is 339 g/mol. The fraction of sp³-hybridized carbons (Fsp3) is 0.188. The van der Waals surface area contributed by atoms with E-state index < -0.39 is 7.12 Å². The van der Waals surface area contributed by atoms with E-state index >= 15 is 0 Å². The molecular weight excluding hydrogens is 321 g/mol. The quantitative estimate of drug-likeness (QED) is 0.495. The van der Waals surface area contributed by atoms with E-state index in [1.54, 1.807) is 18.3 Å². The highest BCUT2D eigenvalue weighted by molar-refractivity contribution is 6.58. The van der Waals surface area contributed by atoms with E-state index in [-0.39, 0.29) is 5.91 Å². The Labute approximate surface area is 144 Å². The molecule has 0 radical (unpaired) electrons. The Hall–Kier alpha value is -2.91. The summed E-state index contributed by atoms with van der Waals surface area (Å²) >= 11 is 0. The van der Waals surface area contributed by atoms with Gasteiger partial charge in [-0.05, 0) is 11.0 Å². The number of aryl methyl sites for hydroxylation is 1. The smallest absolute Gasteiger partial charge is 0.423 e. The van der Waals surface area contributed by atoms with Crippen molar-refractivity contribution < 1.29 is 14.8 Å². The van der Waals surface area contributed by atoms with Crippen LogP contribution >= 0.6 is 0 Å². The van der Waals surface area contributed by atoms with Gasteiger partial charge in [-0.1, -0.05) is 24.3 Å². The van der Waals surface area contributed by atoms with Crippen LogP contribution in [-0.2, 0) is 18.4 Å². The van der Waals surface area contributed by atoms with Crippen LogP contribution in [0, 0.1) is 0 Å². The van der Waals surface area contributed by atoms with Gasteiger partial charge in [0.25, 0.3) is 0 Å². The SMILES string of the molecule is CC(=O)Nc1cn(C)c2c(NCc3ccc(B(O)O)cc3)ncnc12. The highest BCUT2D eigenvalue weighted by Crippen LogP contribution is 2.27. The van der Waals surface area contributed by atoms with Gasteiger partial charge in [0.05, 0.1) is 5.69 Å². The van der Waals surface area contributed by atoms with Crippen LogP contribution in [0.5, 0.6) is 0 Å². The fourth-order valence-electron chi connectivity index (χ4n) is 2.63. The third-order valence-electron chi connectivity index (χ3n) is 3.80. The second-order valence-electron chi connectivity index (χ2n) is 5.72. The van der Waals surface area contributed by atoms with Crippen molar-refractivity contribution in [3.8, 4) is 0 Å². The number of nitrogens with one attached hydrogen (secondary N) is 2. The van der Waals surface area contributed by atoms with Crippen LogP contribution in [0.4, 0.5) is 11.5 Å². The topological polar surface area (TPSA) is 112 Å². The zero-order chi connectivity index (χ0) is 18.0. The third kappa shape index (κ3) is 3.62. The molecule has 2 heterocycles. The lowest BCUT2D eigenvalue weighted by Gasteiger charge is -2.09. The lowest BCUT2D eigenvalue weighted by molar-refractivity contribution is -0.114. The minimum absolute atomic E-state index is 0.160. The molecule has 3 rings (SSSR count). The van der Waals surface area contributed by atoms with E-state index in [0.29, 0.717) is 29.0 Å². The van der Waals surface area contributed by atoms with Crippen LogP contribution in [0.15, 0.2) is 36.8 Å². The summed E-state index contributed by atoms with van der Waals surface area (Å²) in [6.07, 6.45) is 3.24. The molecule has 25 heavy (non-hydrogen) atoms. The Bertz CT molecular complexity index is 908. The molecule has 0 atom stereocenters. The van der Waals surface area contributed by atoms with E-state index in [0.717, 1.165) is 11.1 Å². The number of hydrogen-bond donors (Lipinski definition) is 4. The number of carbonyl (C=O) groups excluding carboxylic acids is 1. The van der Waals surface area contributed by atoms with Crippen molar-refractivity contribution in [2.24, 2.45) is 7.05 Å². The lowest BCUT2D eigenvalue weighted by atomic mass is 9.80. The molecule has 1 aromatic carbocycles. The molecule has 2 aromatic heterocycles. The average Bonchev–Trinajstić information content (AvgIpc) is 2.89. The molecule has 0 aliphatic rings. The van der Waals surface area contributed by atoms with Gasteiger partial charge >= 0.3 is 7.12 Å². The van der Waals surface area contributed by atoms with Crippen LogP contribution in [-0.4, -0.2) is 37.6 Å². The van der Waals surface area contributed by atoms with Crippen molar-refractivity contribution in [3.05, 3.63) is 42.4 Å². The summed E-state index contributed by atoms with van der Waals surface area (Å²) < 4.78 is 1.86. The Morgan fingerprint density at radius 3 is 2.60 bits per heavy atom. The van der Waals surface area contributed by atoms with E-state index in [4.69, 9.17) is 10.0 Å². The molecule has 8 nitrogen and oxygen atoms in total. The predicted molar refractivity (Wildman–Crippen MR) is 96.4 cm³/mol. The summed E-state index contributed by atoms with van der Waals surface area (Å²) in [5.74, 6) is 0.488. The standard InChI is InChI=1S/C16H18BN5O3/c1-10(23)21-13-8-22(2)15-14(13)19-9-20-16(15)18-7-11-3-5-12(6-4-11)17(24)25/h3-6,8-9,24-25H,7H2,1-2H3,(H,21,23)(H,18,19,20). The molecule has 128 valence electrons. The number of carbonyl (C=O) groups is 1. The maximum absolute atomic E-state index is 11.3. The van der Waals surface area contributed by atoms with E-state index in [1.807, 2.05) is 23.7 Å². The van der Waals surface area contributed by atoms with Crippen LogP contribution < -0.4 is 16.1 Å². The summed E-state index contributed by atoms with van der Waals surface area (Å²) in [7, 11) is 0.388. The Kier molecular flexibility index (Phi) is 4.69. The van der Waals surface area contributed by atoms with E-state index in [2.05, 4.69) is 20.6 Å². The minimum Gasteiger partial charge on any atom is -0.423 e. The van der Waals surface area contributed by atoms with Gasteiger partial charge in [0.15, 0.2) is 5.82 Å². The monoisotopic (exact) mass is 339 g/mol. The Balaban J connectivity index is 1.84. The highest BCUT2D eigenvalue weighted by Gasteiger charge is 2.14. The van der Waals surface area contributed by atoms with E-state index in [1.165, 1.54) is 13.3 Å². The van der Waals surface area contributed by atoms with Crippen LogP contribution in [0.25, 0.3) is 11.0 Å². The number of aromatic nitrogens is 3. The normalized spacial score (nSPS) is 10.7. The number of fused-ring (bicyclic) bond motifs is 1. The first-order valence-corrected chi connectivity index (χ1v) is 7.72. The molecule has 1 amide bonds. The summed E-state index contributed by atoms with van der Waals surface area (Å²) in [6.45, 7) is 1.96. The molecule has 4 N–H and O–H groups in total. The van der Waals surface area contributed by atoms with Gasteiger partial charge in [-0.2, -0.15) is 0 Å². The van der Waals surface area contributed by atoms with Crippen molar-refractivity contribution in [1.29, 1.82) is 0 Å². The van der Waals surface area contributed by atoms with Gasteiger partial charge in [0, 0.05) is 26.7 Å². The maximum atomic E-state index is 11.3. The van der Waals surface area contributed by atoms with Crippen molar-refractivity contribution in [1.82, 2.24) is 14.5 Å². The molecule has 0 saturated heterocycles. The molecule has 0 fully saturated rings. The van der Waals surface area contributed by atoms with Crippen molar-refractivity contribution >= 4 is 41.0 Å². The first kappa shape index (κ1) is 16.9. The second kappa shape index (κ2) is 6.92. The Morgan fingerprint density at radius 2 is 1.96 bits per heavy atom. The minimum atomic E-state index is -1.47. The number of rotatable bonds is 5. The molecule has 0 aliphatic heterocycles. The zero-order valence-electron chi connectivity index (χ0n) is 13.9. The van der Waals surface area contributed by atoms with Gasteiger partial charge in [0.2, 0.25) is 5.91 Å². The largest absolute Gasteiger partial charge is 0.488 e. The van der Waals surface area contributed by atoms with Gasteiger partial charge in [-0.15, -0.1) is 0 Å². The summed E-state index contributed by atoms with van der Waals surface area (Å²) in [5.41, 5.74) is 3.49. The molecule has 9 heteroatoms. The highest BCUT2D eigenvalue weighted by atomic mass is 16.4. The van der Waals surface area contributed by atoms with Crippen molar-refractivity contribution in [2.75, 3.05) is 10.6 Å². The van der Waals surface area contributed by atoms with Crippen LogP contribution in [0.3, 0.4) is 0 Å². The lowest BCUT2D eigenvalue weighted by Crippen LogP contribution is -2.29. The van der Waals surface area contributed by atoms with Gasteiger partial charge in [0.1, 0.15) is 17.4 Å². The molecule has 0 spiro atoms. The maximum Gasteiger partial charge on any atom is 0.488 e. The third-order valence-corrected chi connectivity index (χ3v) is 3.80. The first-order chi connectivity index (χ1) is 12.0. The van der Waals surface area contributed by atoms with Gasteiger partial charge < -0.3 is 25.2 Å². The molecule has 0 saturated carbocycles. The zero-order valence-corrected chi connectivity index (χ0v) is 13.9.